The lowest BCUT2D eigenvalue weighted by atomic mass is 9.98. The number of hydrogen-bond donors (Lipinski definition) is 3. The SMILES string of the molecule is CC(C)(C)OC(=O)NC1CCNCC1.CN1CCC(=O)CC1.CN1CCC(N2CCC(NC(=O)OC(C)(C)C)CC2)CC1. The van der Waals surface area contributed by atoms with Gasteiger partial charge in [0.05, 0.1) is 0 Å². The van der Waals surface area contributed by atoms with Crippen molar-refractivity contribution < 1.29 is 23.9 Å². The van der Waals surface area contributed by atoms with Crippen LogP contribution in [0.5, 0.6) is 0 Å². The van der Waals surface area contributed by atoms with Crippen LogP contribution >= 0.6 is 0 Å². The molecule has 250 valence electrons. The highest BCUT2D eigenvalue weighted by Crippen LogP contribution is 2.21. The largest absolute Gasteiger partial charge is 0.444 e. The first kappa shape index (κ1) is 37.2. The molecule has 0 aromatic carbocycles. The number of carbonyl (C=O) groups is 3. The van der Waals surface area contributed by atoms with Crippen LogP contribution in [-0.4, -0.2) is 128 Å². The molecular weight excluding hydrogens is 548 g/mol. The minimum Gasteiger partial charge on any atom is -0.444 e. The number of alkyl carbamates (subject to hydrolysis) is 2. The topological polar surface area (TPSA) is 115 Å². The van der Waals surface area contributed by atoms with Crippen LogP contribution in [0, 0.1) is 0 Å². The predicted molar refractivity (Wildman–Crippen MR) is 171 cm³/mol. The second-order valence-corrected chi connectivity index (χ2v) is 14.5. The Labute approximate surface area is 261 Å². The third kappa shape index (κ3) is 17.2. The molecule has 0 saturated carbocycles. The van der Waals surface area contributed by atoms with E-state index in [1.54, 1.807) is 0 Å². The van der Waals surface area contributed by atoms with Crippen molar-refractivity contribution in [3.05, 3.63) is 0 Å². The van der Waals surface area contributed by atoms with Gasteiger partial charge in [-0.25, -0.2) is 9.59 Å². The summed E-state index contributed by atoms with van der Waals surface area (Å²) >= 11 is 0. The summed E-state index contributed by atoms with van der Waals surface area (Å²) in [6.45, 7) is 19.8. The summed E-state index contributed by atoms with van der Waals surface area (Å²) < 4.78 is 10.5. The Balaban J connectivity index is 0.000000251. The van der Waals surface area contributed by atoms with Crippen molar-refractivity contribution in [3.63, 3.8) is 0 Å². The van der Waals surface area contributed by atoms with Gasteiger partial charge in [0.1, 0.15) is 17.0 Å². The van der Waals surface area contributed by atoms with E-state index in [1.165, 1.54) is 25.9 Å². The quantitative estimate of drug-likeness (QED) is 0.441. The number of ketones is 1. The van der Waals surface area contributed by atoms with E-state index in [4.69, 9.17) is 9.47 Å². The van der Waals surface area contributed by atoms with Crippen LogP contribution in [0.3, 0.4) is 0 Å². The predicted octanol–water partition coefficient (Wildman–Crippen LogP) is 3.61. The Bertz CT molecular complexity index is 826. The van der Waals surface area contributed by atoms with E-state index in [0.29, 0.717) is 5.78 Å². The smallest absolute Gasteiger partial charge is 0.407 e. The van der Waals surface area contributed by atoms with Gasteiger partial charge < -0.3 is 40.1 Å². The first-order chi connectivity index (χ1) is 20.1. The number of amides is 2. The van der Waals surface area contributed by atoms with Gasteiger partial charge >= 0.3 is 12.2 Å². The van der Waals surface area contributed by atoms with Gasteiger partial charge in [-0.05, 0) is 120 Å². The Morgan fingerprint density at radius 2 is 1.09 bits per heavy atom. The van der Waals surface area contributed by atoms with E-state index < -0.39 is 11.2 Å². The maximum Gasteiger partial charge on any atom is 0.407 e. The Kier molecular flexibility index (Phi) is 15.7. The first-order valence-electron chi connectivity index (χ1n) is 16.4. The molecule has 4 heterocycles. The van der Waals surface area contributed by atoms with Crippen molar-refractivity contribution in [1.82, 2.24) is 30.7 Å². The van der Waals surface area contributed by atoms with Crippen LogP contribution in [0.15, 0.2) is 0 Å². The first-order valence-corrected chi connectivity index (χ1v) is 16.4. The van der Waals surface area contributed by atoms with Gasteiger partial charge in [-0.3, -0.25) is 4.79 Å². The van der Waals surface area contributed by atoms with Crippen molar-refractivity contribution in [2.45, 2.75) is 122 Å². The summed E-state index contributed by atoms with van der Waals surface area (Å²) in [5.74, 6) is 0.420. The average molecular weight is 611 g/mol. The molecule has 11 heteroatoms. The summed E-state index contributed by atoms with van der Waals surface area (Å²) in [7, 11) is 4.25. The second kappa shape index (κ2) is 18.1. The monoisotopic (exact) mass is 610 g/mol. The molecule has 0 bridgehead atoms. The zero-order valence-electron chi connectivity index (χ0n) is 28.4. The van der Waals surface area contributed by atoms with Gasteiger partial charge in [0, 0.05) is 57.1 Å². The summed E-state index contributed by atoms with van der Waals surface area (Å²) in [6.07, 6.45) is 7.54. The minimum atomic E-state index is -0.418. The summed E-state index contributed by atoms with van der Waals surface area (Å²) in [6, 6.07) is 1.28. The number of nitrogens with one attached hydrogen (secondary N) is 3. The Morgan fingerprint density at radius 1 is 0.674 bits per heavy atom. The average Bonchev–Trinajstić information content (AvgIpc) is 2.90. The molecule has 0 aromatic heterocycles. The zero-order valence-corrected chi connectivity index (χ0v) is 28.4. The number of carbonyl (C=O) groups excluding carboxylic acids is 3. The highest BCUT2D eigenvalue weighted by atomic mass is 16.6. The van der Waals surface area contributed by atoms with E-state index in [2.05, 4.69) is 37.7 Å². The van der Waals surface area contributed by atoms with Gasteiger partial charge in [0.25, 0.3) is 0 Å². The fourth-order valence-corrected chi connectivity index (χ4v) is 5.55. The minimum absolute atomic E-state index is 0.266. The van der Waals surface area contributed by atoms with Crippen LogP contribution in [-0.2, 0) is 14.3 Å². The molecule has 0 unspecified atom stereocenters. The normalized spacial score (nSPS) is 22.4. The number of nitrogens with zero attached hydrogens (tertiary/aromatic N) is 3. The van der Waals surface area contributed by atoms with E-state index >= 15 is 0 Å². The number of hydrogen-bond acceptors (Lipinski definition) is 9. The molecule has 0 atom stereocenters. The fourth-order valence-electron chi connectivity index (χ4n) is 5.55. The van der Waals surface area contributed by atoms with Crippen molar-refractivity contribution in [2.75, 3.05) is 66.5 Å². The van der Waals surface area contributed by atoms with Gasteiger partial charge in [0.2, 0.25) is 0 Å². The molecule has 4 fully saturated rings. The van der Waals surface area contributed by atoms with Gasteiger partial charge in [-0.1, -0.05) is 0 Å². The molecule has 0 aliphatic carbocycles. The molecule has 11 nitrogen and oxygen atoms in total. The molecule has 0 radical (unpaired) electrons. The maximum absolute atomic E-state index is 11.8. The summed E-state index contributed by atoms with van der Waals surface area (Å²) in [5.41, 5.74) is -0.824. The molecule has 4 saturated heterocycles. The lowest BCUT2D eigenvalue weighted by Gasteiger charge is -2.41. The molecular formula is C32H62N6O5. The highest BCUT2D eigenvalue weighted by molar-refractivity contribution is 5.79. The lowest BCUT2D eigenvalue weighted by molar-refractivity contribution is -0.121. The Morgan fingerprint density at radius 3 is 1.51 bits per heavy atom. The van der Waals surface area contributed by atoms with Crippen molar-refractivity contribution >= 4 is 18.0 Å². The zero-order chi connectivity index (χ0) is 32.0. The number of likely N-dealkylation sites (tertiary alicyclic amines) is 3. The van der Waals surface area contributed by atoms with E-state index in [-0.39, 0.29) is 24.3 Å². The van der Waals surface area contributed by atoms with Crippen molar-refractivity contribution in [1.29, 1.82) is 0 Å². The molecule has 2 amide bonds. The van der Waals surface area contributed by atoms with Crippen LogP contribution < -0.4 is 16.0 Å². The standard InChI is InChI=1S/C16H31N3O2.C10H20N2O2.C6H11NO/c1-16(2,3)21-15(20)17-13-5-11-19(12-6-13)14-7-9-18(4)10-8-14;1-10(2,3)14-9(13)12-8-4-6-11-7-5-8;1-7-4-2-6(8)3-5-7/h13-14H,5-12H2,1-4H3,(H,17,20);8,11H,4-7H2,1-3H3,(H,12,13);2-5H2,1H3. The number of ether oxygens (including phenoxy) is 2. The molecule has 4 aliphatic rings. The fraction of sp³-hybridized carbons (Fsp3) is 0.906. The highest BCUT2D eigenvalue weighted by Gasteiger charge is 2.29. The Hall–Kier alpha value is -1.95. The lowest BCUT2D eigenvalue weighted by Crippen LogP contribution is -2.51. The number of piperidine rings is 4. The molecule has 4 rings (SSSR count). The van der Waals surface area contributed by atoms with Crippen molar-refractivity contribution in [3.8, 4) is 0 Å². The molecule has 3 N–H and O–H groups in total. The van der Waals surface area contributed by atoms with E-state index in [9.17, 15) is 14.4 Å². The maximum atomic E-state index is 11.8. The van der Waals surface area contributed by atoms with Crippen LogP contribution in [0.2, 0.25) is 0 Å². The molecule has 4 aliphatic heterocycles. The third-order valence-electron chi connectivity index (χ3n) is 8.06. The number of rotatable bonds is 3. The summed E-state index contributed by atoms with van der Waals surface area (Å²) in [4.78, 5) is 41.0. The van der Waals surface area contributed by atoms with Crippen LogP contribution in [0.25, 0.3) is 0 Å². The van der Waals surface area contributed by atoms with Gasteiger partial charge in [-0.15, -0.1) is 0 Å². The molecule has 0 spiro atoms. The third-order valence-corrected chi connectivity index (χ3v) is 8.06. The molecule has 43 heavy (non-hydrogen) atoms. The van der Waals surface area contributed by atoms with Crippen molar-refractivity contribution in [2.24, 2.45) is 0 Å². The van der Waals surface area contributed by atoms with Crippen LogP contribution in [0.1, 0.15) is 92.9 Å². The van der Waals surface area contributed by atoms with Gasteiger partial charge in [0.15, 0.2) is 0 Å². The second-order valence-electron chi connectivity index (χ2n) is 14.5. The van der Waals surface area contributed by atoms with E-state index in [0.717, 1.165) is 83.8 Å². The summed E-state index contributed by atoms with van der Waals surface area (Å²) in [5, 5.41) is 9.13. The van der Waals surface area contributed by atoms with Gasteiger partial charge in [-0.2, -0.15) is 0 Å². The number of Topliss-reactive ketones (excluding diaryl/α,β-unsaturated/α-hetero) is 1. The van der Waals surface area contributed by atoms with E-state index in [1.807, 2.05) is 48.6 Å². The van der Waals surface area contributed by atoms with Crippen LogP contribution in [0.4, 0.5) is 9.59 Å². The molecule has 0 aromatic rings.